The van der Waals surface area contributed by atoms with Crippen LogP contribution in [0.15, 0.2) is 36.0 Å². The van der Waals surface area contributed by atoms with Gasteiger partial charge in [0.25, 0.3) is 0 Å². The Morgan fingerprint density at radius 2 is 1.39 bits per heavy atom. The molecule has 0 bridgehead atoms. The maximum atomic E-state index is 4.87. The molecule has 2 saturated heterocycles. The lowest BCUT2D eigenvalue weighted by Crippen LogP contribution is -2.34. The number of benzene rings is 1. The zero-order valence-corrected chi connectivity index (χ0v) is 17.3. The summed E-state index contributed by atoms with van der Waals surface area (Å²) >= 11 is 1.70. The topological polar surface area (TPSA) is 45.2 Å². The molecule has 28 heavy (non-hydrogen) atoms. The summed E-state index contributed by atoms with van der Waals surface area (Å²) in [6.07, 6.45) is 9.42. The molecule has 6 heteroatoms. The summed E-state index contributed by atoms with van der Waals surface area (Å²) < 4.78 is 0. The highest BCUT2D eigenvalue weighted by Crippen LogP contribution is 2.27. The first-order valence-corrected chi connectivity index (χ1v) is 11.4. The maximum absolute atomic E-state index is 4.87. The third-order valence-electron chi connectivity index (χ3n) is 5.50. The Kier molecular flexibility index (Phi) is 6.47. The van der Waals surface area contributed by atoms with Crippen LogP contribution in [0.25, 0.3) is 6.08 Å². The number of nitrogens with zero attached hydrogens (tertiary/aromatic N) is 5. The first-order valence-electron chi connectivity index (χ1n) is 10.4. The van der Waals surface area contributed by atoms with Gasteiger partial charge in [-0.2, -0.15) is 15.0 Å². The van der Waals surface area contributed by atoms with Crippen LogP contribution in [0.1, 0.15) is 49.7 Å². The highest BCUT2D eigenvalue weighted by molar-refractivity contribution is 7.98. The Balaban J connectivity index is 1.58. The summed E-state index contributed by atoms with van der Waals surface area (Å²) in [5.74, 6) is 2.55. The van der Waals surface area contributed by atoms with E-state index in [4.69, 9.17) is 15.0 Å². The van der Waals surface area contributed by atoms with Crippen LogP contribution in [0.3, 0.4) is 0 Å². The normalized spacial score (nSPS) is 17.6. The molecule has 1 aromatic heterocycles. The number of piperidine rings is 2. The van der Waals surface area contributed by atoms with Gasteiger partial charge in [0.2, 0.25) is 11.9 Å². The van der Waals surface area contributed by atoms with Gasteiger partial charge in [0.15, 0.2) is 5.16 Å². The summed E-state index contributed by atoms with van der Waals surface area (Å²) in [6.45, 7) is 8.13. The minimum Gasteiger partial charge on any atom is -0.341 e. The van der Waals surface area contributed by atoms with Gasteiger partial charge in [0.1, 0.15) is 0 Å². The van der Waals surface area contributed by atoms with Gasteiger partial charge in [0, 0.05) is 31.9 Å². The molecule has 2 aromatic rings. The van der Waals surface area contributed by atoms with Crippen molar-refractivity contribution < 1.29 is 0 Å². The second-order valence-corrected chi connectivity index (χ2v) is 8.45. The van der Waals surface area contributed by atoms with Crippen LogP contribution in [0, 0.1) is 0 Å². The summed E-state index contributed by atoms with van der Waals surface area (Å²) in [4.78, 5) is 19.2. The predicted molar refractivity (Wildman–Crippen MR) is 118 cm³/mol. The first-order chi connectivity index (χ1) is 13.8. The molecule has 0 spiro atoms. The van der Waals surface area contributed by atoms with E-state index in [2.05, 4.69) is 40.6 Å². The van der Waals surface area contributed by atoms with E-state index in [9.17, 15) is 0 Å². The lowest BCUT2D eigenvalue weighted by atomic mass is 10.1. The van der Waals surface area contributed by atoms with E-state index in [1.165, 1.54) is 49.7 Å². The van der Waals surface area contributed by atoms with Gasteiger partial charge in [-0.05, 0) is 49.7 Å². The quantitative estimate of drug-likeness (QED) is 0.656. The molecular weight excluding hydrogens is 366 g/mol. The molecule has 2 fully saturated rings. The molecule has 5 nitrogen and oxygen atoms in total. The van der Waals surface area contributed by atoms with Crippen LogP contribution in [-0.2, 0) is 5.75 Å². The van der Waals surface area contributed by atoms with Crippen molar-refractivity contribution in [1.29, 1.82) is 0 Å². The monoisotopic (exact) mass is 395 g/mol. The summed E-state index contributed by atoms with van der Waals surface area (Å²) in [5, 5.41) is 0.829. The SMILES string of the molecule is C=Cc1ccccc1CSc1nc(N2CCCCC2)nc(N2CCCCC2)n1. The lowest BCUT2D eigenvalue weighted by Gasteiger charge is -2.30. The molecule has 0 saturated carbocycles. The molecule has 3 heterocycles. The van der Waals surface area contributed by atoms with Crippen LogP contribution >= 0.6 is 11.8 Å². The van der Waals surface area contributed by atoms with E-state index in [0.29, 0.717) is 0 Å². The van der Waals surface area contributed by atoms with Crippen molar-refractivity contribution in [1.82, 2.24) is 15.0 Å². The summed E-state index contributed by atoms with van der Waals surface area (Å²) in [6, 6.07) is 8.39. The average Bonchev–Trinajstić information content (AvgIpc) is 2.79. The van der Waals surface area contributed by atoms with Crippen molar-refractivity contribution in [2.24, 2.45) is 0 Å². The van der Waals surface area contributed by atoms with Crippen molar-refractivity contribution in [3.05, 3.63) is 42.0 Å². The number of hydrogen-bond acceptors (Lipinski definition) is 6. The van der Waals surface area contributed by atoms with Gasteiger partial charge < -0.3 is 9.80 Å². The van der Waals surface area contributed by atoms with Gasteiger partial charge in [-0.1, -0.05) is 48.7 Å². The van der Waals surface area contributed by atoms with Crippen LogP contribution < -0.4 is 9.80 Å². The van der Waals surface area contributed by atoms with Gasteiger partial charge in [-0.15, -0.1) is 0 Å². The van der Waals surface area contributed by atoms with E-state index in [0.717, 1.165) is 49.0 Å². The molecule has 0 N–H and O–H groups in total. The number of thioether (sulfide) groups is 1. The summed E-state index contributed by atoms with van der Waals surface area (Å²) in [5.41, 5.74) is 2.44. The molecule has 148 valence electrons. The Bertz CT molecular complexity index is 761. The molecule has 0 unspecified atom stereocenters. The van der Waals surface area contributed by atoms with Gasteiger partial charge in [-0.25, -0.2) is 0 Å². The van der Waals surface area contributed by atoms with Crippen molar-refractivity contribution >= 4 is 29.7 Å². The molecule has 2 aliphatic rings. The van der Waals surface area contributed by atoms with E-state index < -0.39 is 0 Å². The minimum absolute atomic E-state index is 0.829. The molecule has 0 aliphatic carbocycles. The van der Waals surface area contributed by atoms with Crippen LogP contribution in [0.2, 0.25) is 0 Å². The maximum Gasteiger partial charge on any atom is 0.231 e. The standard InChI is InChI=1S/C22H29N5S/c1-2-18-11-5-6-12-19(18)17-28-22-24-20(26-13-7-3-8-14-26)23-21(25-22)27-15-9-4-10-16-27/h2,5-6,11-12H,1,3-4,7-10,13-17H2. The van der Waals surface area contributed by atoms with Gasteiger partial charge in [0.05, 0.1) is 0 Å². The fraction of sp³-hybridized carbons (Fsp3) is 0.500. The Morgan fingerprint density at radius 3 is 1.96 bits per heavy atom. The third kappa shape index (κ3) is 4.66. The Hall–Kier alpha value is -2.08. The van der Waals surface area contributed by atoms with E-state index in [1.807, 2.05) is 6.08 Å². The van der Waals surface area contributed by atoms with Crippen molar-refractivity contribution in [2.75, 3.05) is 36.0 Å². The molecule has 2 aliphatic heterocycles. The zero-order valence-electron chi connectivity index (χ0n) is 16.5. The fourth-order valence-electron chi connectivity index (χ4n) is 3.88. The Labute approximate surface area is 172 Å². The number of hydrogen-bond donors (Lipinski definition) is 0. The van der Waals surface area contributed by atoms with Crippen LogP contribution in [0.4, 0.5) is 11.9 Å². The third-order valence-corrected chi connectivity index (χ3v) is 6.40. The van der Waals surface area contributed by atoms with Crippen LogP contribution in [-0.4, -0.2) is 41.1 Å². The fourth-order valence-corrected chi connectivity index (χ4v) is 4.72. The smallest absolute Gasteiger partial charge is 0.231 e. The van der Waals surface area contributed by atoms with Gasteiger partial charge in [-0.3, -0.25) is 0 Å². The van der Waals surface area contributed by atoms with E-state index >= 15 is 0 Å². The molecule has 0 amide bonds. The lowest BCUT2D eigenvalue weighted by molar-refractivity contribution is 0.551. The number of anilines is 2. The van der Waals surface area contributed by atoms with Crippen molar-refractivity contribution in [3.63, 3.8) is 0 Å². The highest BCUT2D eigenvalue weighted by atomic mass is 32.2. The number of aromatic nitrogens is 3. The van der Waals surface area contributed by atoms with Crippen molar-refractivity contribution in [3.8, 4) is 0 Å². The van der Waals surface area contributed by atoms with Gasteiger partial charge >= 0.3 is 0 Å². The molecule has 0 atom stereocenters. The predicted octanol–water partition coefficient (Wildman–Crippen LogP) is 4.79. The largest absolute Gasteiger partial charge is 0.341 e. The first kappa shape index (κ1) is 19.2. The highest BCUT2D eigenvalue weighted by Gasteiger charge is 2.20. The molecule has 1 aromatic carbocycles. The van der Waals surface area contributed by atoms with E-state index in [-0.39, 0.29) is 0 Å². The second kappa shape index (κ2) is 9.41. The average molecular weight is 396 g/mol. The van der Waals surface area contributed by atoms with E-state index in [1.54, 1.807) is 11.8 Å². The minimum atomic E-state index is 0.829. The molecular formula is C22H29N5S. The summed E-state index contributed by atoms with van der Waals surface area (Å²) in [7, 11) is 0. The molecule has 0 radical (unpaired) electrons. The van der Waals surface area contributed by atoms with Crippen molar-refractivity contribution in [2.45, 2.75) is 49.4 Å². The van der Waals surface area contributed by atoms with Crippen LogP contribution in [0.5, 0.6) is 0 Å². The second-order valence-electron chi connectivity index (χ2n) is 7.51. The molecule has 4 rings (SSSR count). The number of rotatable bonds is 6. The zero-order chi connectivity index (χ0) is 19.2. The Morgan fingerprint density at radius 1 is 0.821 bits per heavy atom.